The van der Waals surface area contributed by atoms with Crippen LogP contribution in [-0.4, -0.2) is 14.3 Å². The first-order valence-corrected chi connectivity index (χ1v) is 11.6. The Morgan fingerprint density at radius 2 is 0.882 bits per heavy atom. The highest BCUT2D eigenvalue weighted by atomic mass is 32.1. The van der Waals surface area contributed by atoms with E-state index in [2.05, 4.69) is 63.4 Å². The molecular weight excluding hydrogens is 438 g/mol. The molecule has 1 aromatic heterocycles. The van der Waals surface area contributed by atoms with Crippen LogP contribution in [0.5, 0.6) is 0 Å². The molecule has 0 aliphatic carbocycles. The van der Waals surface area contributed by atoms with Crippen molar-refractivity contribution in [3.8, 4) is 0 Å². The van der Waals surface area contributed by atoms with Crippen molar-refractivity contribution >= 4 is 35.0 Å². The molecule has 1 heterocycles. The summed E-state index contributed by atoms with van der Waals surface area (Å²) in [6, 6.07) is 41.3. The summed E-state index contributed by atoms with van der Waals surface area (Å²) in [5.74, 6) is 0. The lowest BCUT2D eigenvalue weighted by atomic mass is 10.2. The standard InChI is InChI=1S/C28H25N5S/c34-28-30(22-31(24-13-5-1-6-14-24)25-15-7-2-8-16-25)21-29-33(28)23-32(26-17-9-3-10-18-26)27-19-11-4-12-20-27/h1-21H,22-23H2. The average Bonchev–Trinajstić information content (AvgIpc) is 3.26. The van der Waals surface area contributed by atoms with Crippen molar-refractivity contribution in [2.45, 2.75) is 13.3 Å². The fourth-order valence-corrected chi connectivity index (χ4v) is 4.12. The van der Waals surface area contributed by atoms with E-state index in [-0.39, 0.29) is 0 Å². The van der Waals surface area contributed by atoms with Crippen LogP contribution in [0.15, 0.2) is 128 Å². The predicted octanol–water partition coefficient (Wildman–Crippen LogP) is 7.01. The molecule has 0 saturated carbocycles. The van der Waals surface area contributed by atoms with Gasteiger partial charge in [-0.15, -0.1) is 0 Å². The first kappa shape index (κ1) is 21.7. The van der Waals surface area contributed by atoms with Gasteiger partial charge in [0.05, 0.1) is 0 Å². The van der Waals surface area contributed by atoms with Crippen molar-refractivity contribution in [1.82, 2.24) is 14.3 Å². The van der Waals surface area contributed by atoms with Crippen molar-refractivity contribution in [1.29, 1.82) is 0 Å². The van der Waals surface area contributed by atoms with Crippen LogP contribution in [0, 0.1) is 4.77 Å². The highest BCUT2D eigenvalue weighted by Crippen LogP contribution is 2.27. The van der Waals surface area contributed by atoms with E-state index < -0.39 is 0 Å². The Labute approximate surface area is 204 Å². The van der Waals surface area contributed by atoms with Crippen LogP contribution in [0.3, 0.4) is 0 Å². The maximum absolute atomic E-state index is 5.87. The van der Waals surface area contributed by atoms with Gasteiger partial charge in [-0.2, -0.15) is 5.10 Å². The van der Waals surface area contributed by atoms with E-state index in [4.69, 9.17) is 12.2 Å². The van der Waals surface area contributed by atoms with Crippen LogP contribution in [0.2, 0.25) is 0 Å². The van der Waals surface area contributed by atoms with Gasteiger partial charge in [-0.25, -0.2) is 4.68 Å². The van der Waals surface area contributed by atoms with Crippen molar-refractivity contribution in [2.75, 3.05) is 9.80 Å². The summed E-state index contributed by atoms with van der Waals surface area (Å²) in [5.41, 5.74) is 4.36. The normalized spacial score (nSPS) is 10.7. The lowest BCUT2D eigenvalue weighted by Gasteiger charge is -2.26. The van der Waals surface area contributed by atoms with Crippen molar-refractivity contribution in [3.63, 3.8) is 0 Å². The van der Waals surface area contributed by atoms with Gasteiger partial charge >= 0.3 is 0 Å². The highest BCUT2D eigenvalue weighted by Gasteiger charge is 2.14. The van der Waals surface area contributed by atoms with Crippen LogP contribution < -0.4 is 9.80 Å². The number of aromatic nitrogens is 3. The minimum Gasteiger partial charge on any atom is -0.323 e. The molecule has 0 saturated heterocycles. The number of hydrogen-bond acceptors (Lipinski definition) is 4. The summed E-state index contributed by atoms with van der Waals surface area (Å²) >= 11 is 5.87. The maximum atomic E-state index is 5.87. The quantitative estimate of drug-likeness (QED) is 0.232. The molecule has 0 spiro atoms. The van der Waals surface area contributed by atoms with Gasteiger partial charge in [0.25, 0.3) is 0 Å². The molecule has 0 N–H and O–H groups in total. The molecule has 0 aliphatic rings. The molecule has 0 radical (unpaired) electrons. The van der Waals surface area contributed by atoms with Crippen LogP contribution in [0.4, 0.5) is 22.7 Å². The number of rotatable bonds is 8. The Bertz CT molecular complexity index is 1180. The predicted molar refractivity (Wildman–Crippen MR) is 141 cm³/mol. The molecule has 5 nitrogen and oxygen atoms in total. The van der Waals surface area contributed by atoms with Gasteiger partial charge in [-0.1, -0.05) is 72.8 Å². The highest BCUT2D eigenvalue weighted by molar-refractivity contribution is 7.71. The summed E-state index contributed by atoms with van der Waals surface area (Å²) in [6.45, 7) is 1.07. The van der Waals surface area contributed by atoms with Crippen LogP contribution in [-0.2, 0) is 13.3 Å². The molecule has 168 valence electrons. The number of para-hydroxylation sites is 4. The lowest BCUT2D eigenvalue weighted by molar-refractivity contribution is 0.598. The van der Waals surface area contributed by atoms with Crippen molar-refractivity contribution < 1.29 is 0 Å². The third kappa shape index (κ3) is 4.77. The van der Waals surface area contributed by atoms with Gasteiger partial charge in [0.1, 0.15) is 19.7 Å². The van der Waals surface area contributed by atoms with Crippen molar-refractivity contribution in [3.05, 3.63) is 132 Å². The Balaban J connectivity index is 1.46. The summed E-state index contributed by atoms with van der Waals surface area (Å²) in [5, 5.41) is 4.65. The van der Waals surface area contributed by atoms with E-state index in [1.165, 1.54) is 0 Å². The van der Waals surface area contributed by atoms with Gasteiger partial charge in [-0.3, -0.25) is 4.57 Å². The van der Waals surface area contributed by atoms with E-state index in [0.717, 1.165) is 22.7 Å². The molecule has 0 fully saturated rings. The van der Waals surface area contributed by atoms with Crippen LogP contribution >= 0.6 is 12.2 Å². The van der Waals surface area contributed by atoms with E-state index in [0.29, 0.717) is 18.1 Å². The van der Waals surface area contributed by atoms with E-state index in [1.54, 1.807) is 0 Å². The number of benzene rings is 4. The fraction of sp³-hybridized carbons (Fsp3) is 0.0714. The molecule has 5 rings (SSSR count). The molecule has 0 unspecified atom stereocenters. The second-order valence-electron chi connectivity index (χ2n) is 7.86. The molecule has 0 bridgehead atoms. The number of anilines is 4. The maximum Gasteiger partial charge on any atom is 0.200 e. The molecule has 6 heteroatoms. The summed E-state index contributed by atoms with van der Waals surface area (Å²) in [6.07, 6.45) is 1.81. The third-order valence-electron chi connectivity index (χ3n) is 5.64. The Morgan fingerprint density at radius 1 is 0.529 bits per heavy atom. The lowest BCUT2D eigenvalue weighted by Crippen LogP contribution is -2.23. The van der Waals surface area contributed by atoms with E-state index in [9.17, 15) is 0 Å². The first-order valence-electron chi connectivity index (χ1n) is 11.2. The molecule has 0 atom stereocenters. The van der Waals surface area contributed by atoms with Gasteiger partial charge in [0.15, 0.2) is 0 Å². The smallest absolute Gasteiger partial charge is 0.200 e. The Kier molecular flexibility index (Phi) is 6.49. The molecule has 0 amide bonds. The zero-order chi connectivity index (χ0) is 23.2. The summed E-state index contributed by atoms with van der Waals surface area (Å²) < 4.78 is 4.53. The molecular formula is C28H25N5S. The Hall–Kier alpha value is -4.16. The average molecular weight is 464 g/mol. The zero-order valence-electron chi connectivity index (χ0n) is 18.7. The number of nitrogens with zero attached hydrogens (tertiary/aromatic N) is 5. The third-order valence-corrected chi connectivity index (χ3v) is 6.08. The van der Waals surface area contributed by atoms with Gasteiger partial charge < -0.3 is 9.80 Å². The van der Waals surface area contributed by atoms with Gasteiger partial charge in [0, 0.05) is 22.7 Å². The minimum atomic E-state index is 0.510. The molecule has 0 aliphatic heterocycles. The van der Waals surface area contributed by atoms with E-state index >= 15 is 0 Å². The monoisotopic (exact) mass is 463 g/mol. The number of hydrogen-bond donors (Lipinski definition) is 0. The Morgan fingerprint density at radius 3 is 1.26 bits per heavy atom. The van der Waals surface area contributed by atoms with E-state index in [1.807, 2.05) is 88.4 Å². The topological polar surface area (TPSA) is 29.2 Å². The second-order valence-corrected chi connectivity index (χ2v) is 8.23. The molecule has 5 aromatic rings. The van der Waals surface area contributed by atoms with Gasteiger partial charge in [0.2, 0.25) is 4.77 Å². The van der Waals surface area contributed by atoms with Crippen LogP contribution in [0.25, 0.3) is 0 Å². The summed E-state index contributed by atoms with van der Waals surface area (Å²) in [7, 11) is 0. The zero-order valence-corrected chi connectivity index (χ0v) is 19.5. The second kappa shape index (κ2) is 10.2. The minimum absolute atomic E-state index is 0.510. The summed E-state index contributed by atoms with van der Waals surface area (Å²) in [4.78, 5) is 4.44. The SMILES string of the molecule is S=c1n(CN(c2ccccc2)c2ccccc2)cnn1CN(c1ccccc1)c1ccccc1. The van der Waals surface area contributed by atoms with Crippen molar-refractivity contribution in [2.24, 2.45) is 0 Å². The molecule has 4 aromatic carbocycles. The van der Waals surface area contributed by atoms with Gasteiger partial charge in [-0.05, 0) is 60.7 Å². The largest absolute Gasteiger partial charge is 0.323 e. The van der Waals surface area contributed by atoms with Crippen LogP contribution in [0.1, 0.15) is 0 Å². The fourth-order valence-electron chi connectivity index (χ4n) is 3.91. The first-order chi connectivity index (χ1) is 16.8. The molecule has 34 heavy (non-hydrogen) atoms.